The molecule has 0 aliphatic carbocycles. The molecule has 0 bridgehead atoms. The first-order chi connectivity index (χ1) is 45.3. The molecule has 0 heterocycles. The largest absolute Gasteiger partial charge is 0.472 e. The van der Waals surface area contributed by atoms with Crippen LogP contribution < -0.4 is 0 Å². The van der Waals surface area contributed by atoms with Crippen LogP contribution in [0.4, 0.5) is 0 Å². The average Bonchev–Trinajstić information content (AvgIpc) is 1.59. The molecule has 17 nitrogen and oxygen atoms in total. The Kier molecular flexibility index (Phi) is 63.5. The van der Waals surface area contributed by atoms with Gasteiger partial charge in [0.25, 0.3) is 0 Å². The maximum Gasteiger partial charge on any atom is 0.472 e. The Bertz CT molecular complexity index is 1930. The number of esters is 4. The van der Waals surface area contributed by atoms with E-state index in [1.165, 1.54) is 148 Å². The molecule has 0 fully saturated rings. The van der Waals surface area contributed by atoms with E-state index in [4.69, 9.17) is 37.0 Å². The fourth-order valence-electron chi connectivity index (χ4n) is 10.8. The van der Waals surface area contributed by atoms with E-state index >= 15 is 0 Å². The Morgan fingerprint density at radius 1 is 0.351 bits per heavy atom. The van der Waals surface area contributed by atoms with Crippen molar-refractivity contribution in [3.8, 4) is 0 Å². The number of aliphatic hydroxyl groups excluding tert-OH is 1. The summed E-state index contributed by atoms with van der Waals surface area (Å²) in [4.78, 5) is 72.7. The number of phosphoric ester groups is 2. The van der Waals surface area contributed by atoms with Crippen molar-refractivity contribution in [1.82, 2.24) is 0 Å². The molecule has 0 saturated heterocycles. The van der Waals surface area contributed by atoms with Crippen LogP contribution in [-0.2, 0) is 65.4 Å². The van der Waals surface area contributed by atoms with Crippen LogP contribution >= 0.6 is 15.6 Å². The van der Waals surface area contributed by atoms with E-state index < -0.39 is 97.5 Å². The third kappa shape index (κ3) is 65.5. The van der Waals surface area contributed by atoms with Crippen molar-refractivity contribution >= 4 is 39.5 Å². The van der Waals surface area contributed by atoms with Crippen molar-refractivity contribution in [3.63, 3.8) is 0 Å². The number of unbranched alkanes of at least 4 members (excludes halogenated alkanes) is 34. The first-order valence-corrected chi connectivity index (χ1v) is 41.2. The minimum absolute atomic E-state index is 0.0848. The molecule has 0 aromatic rings. The summed E-state index contributed by atoms with van der Waals surface area (Å²) in [5.74, 6) is 0.141. The van der Waals surface area contributed by atoms with Gasteiger partial charge in [-0.25, -0.2) is 9.13 Å². The number of phosphoric acid groups is 2. The summed E-state index contributed by atoms with van der Waals surface area (Å²) in [6, 6.07) is 0. The van der Waals surface area contributed by atoms with Gasteiger partial charge in [0.1, 0.15) is 19.3 Å². The van der Waals surface area contributed by atoms with E-state index in [-0.39, 0.29) is 25.7 Å². The van der Waals surface area contributed by atoms with Crippen LogP contribution in [0.15, 0.2) is 24.3 Å². The van der Waals surface area contributed by atoms with Crippen LogP contribution in [0.5, 0.6) is 0 Å². The van der Waals surface area contributed by atoms with Crippen LogP contribution in [0, 0.1) is 17.8 Å². The molecule has 0 aromatic heterocycles. The lowest BCUT2D eigenvalue weighted by molar-refractivity contribution is -0.161. The standard InChI is InChI=1S/C75H142O17P2/c1-8-11-12-13-14-15-16-17-18-23-26-29-35-44-51-58-74(79)91-70(62-85-72(77)56-49-42-34-28-25-22-20-19-21-24-27-33-40-47-54-67(6)9-2)64-89-93(81,82)87-60-69(76)61-88-94(83,84)90-65-71(63-86-73(78)57-50-43-38-37-41-48-55-68(7)10-3)92-75(80)59-52-45-36-31-30-32-39-46-53-66(4)5/h15-18,66-71,76H,8-14,19-65H2,1-7H3,(H,81,82)(H,83,84)/b16-15-,18-17-/t67?,68?,69-,70-,71-/m1/s1. The lowest BCUT2D eigenvalue weighted by Crippen LogP contribution is -2.30. The first kappa shape index (κ1) is 91.5. The number of aliphatic hydroxyl groups is 1. The summed E-state index contributed by atoms with van der Waals surface area (Å²) in [6.45, 7) is 11.8. The number of carbonyl (C=O) groups is 4. The van der Waals surface area contributed by atoms with Crippen LogP contribution in [0.25, 0.3) is 0 Å². The summed E-state index contributed by atoms with van der Waals surface area (Å²) in [5.41, 5.74) is 0. The number of allylic oxidation sites excluding steroid dienone is 4. The smallest absolute Gasteiger partial charge is 0.462 e. The molecule has 94 heavy (non-hydrogen) atoms. The molecule has 0 aliphatic heterocycles. The predicted molar refractivity (Wildman–Crippen MR) is 381 cm³/mol. The van der Waals surface area contributed by atoms with Gasteiger partial charge in [0.2, 0.25) is 0 Å². The quantitative estimate of drug-likeness (QED) is 0.0169. The summed E-state index contributed by atoms with van der Waals surface area (Å²) < 4.78 is 68.4. The highest BCUT2D eigenvalue weighted by molar-refractivity contribution is 7.47. The molecular formula is C75H142O17P2. The van der Waals surface area contributed by atoms with Crippen LogP contribution in [0.2, 0.25) is 0 Å². The van der Waals surface area contributed by atoms with E-state index in [1.54, 1.807) is 0 Å². The molecule has 0 amide bonds. The Hall–Kier alpha value is -2.46. The zero-order valence-electron chi connectivity index (χ0n) is 60.9. The molecule has 0 aliphatic rings. The van der Waals surface area contributed by atoms with Crippen LogP contribution in [0.1, 0.15) is 357 Å². The van der Waals surface area contributed by atoms with Crippen molar-refractivity contribution in [1.29, 1.82) is 0 Å². The molecule has 0 aromatic carbocycles. The van der Waals surface area contributed by atoms with E-state index in [0.29, 0.717) is 31.6 Å². The topological polar surface area (TPSA) is 237 Å². The van der Waals surface area contributed by atoms with Gasteiger partial charge in [-0.3, -0.25) is 37.3 Å². The molecule has 0 saturated carbocycles. The lowest BCUT2D eigenvalue weighted by atomic mass is 9.99. The summed E-state index contributed by atoms with van der Waals surface area (Å²) >= 11 is 0. The number of carbonyl (C=O) groups excluding carboxylic acids is 4. The van der Waals surface area contributed by atoms with Crippen molar-refractivity contribution in [3.05, 3.63) is 24.3 Å². The maximum atomic E-state index is 13.1. The maximum absolute atomic E-state index is 13.1. The predicted octanol–water partition coefficient (Wildman–Crippen LogP) is 21.3. The third-order valence-corrected chi connectivity index (χ3v) is 19.4. The highest BCUT2D eigenvalue weighted by atomic mass is 31.2. The monoisotopic (exact) mass is 1380 g/mol. The van der Waals surface area contributed by atoms with Crippen LogP contribution in [-0.4, -0.2) is 96.7 Å². The molecule has 0 radical (unpaired) electrons. The Morgan fingerprint density at radius 2 is 0.628 bits per heavy atom. The van der Waals surface area contributed by atoms with E-state index in [2.05, 4.69) is 72.8 Å². The first-order valence-electron chi connectivity index (χ1n) is 38.2. The number of hydrogen-bond acceptors (Lipinski definition) is 15. The molecule has 7 atom stereocenters. The minimum atomic E-state index is -4.97. The fourth-order valence-corrected chi connectivity index (χ4v) is 12.4. The molecular weight excluding hydrogens is 1230 g/mol. The zero-order chi connectivity index (χ0) is 69.4. The second-order valence-corrected chi connectivity index (χ2v) is 30.2. The van der Waals surface area contributed by atoms with Crippen molar-refractivity contribution < 1.29 is 80.2 Å². The normalized spacial score (nSPS) is 14.8. The number of hydrogen-bond donors (Lipinski definition) is 3. The Morgan fingerprint density at radius 3 is 0.947 bits per heavy atom. The van der Waals surface area contributed by atoms with E-state index in [1.807, 2.05) is 0 Å². The summed E-state index contributed by atoms with van der Waals surface area (Å²) in [7, 11) is -9.92. The molecule has 554 valence electrons. The lowest BCUT2D eigenvalue weighted by Gasteiger charge is -2.21. The van der Waals surface area contributed by atoms with Gasteiger partial charge in [-0.15, -0.1) is 0 Å². The average molecular weight is 1380 g/mol. The minimum Gasteiger partial charge on any atom is -0.462 e. The van der Waals surface area contributed by atoms with E-state index in [9.17, 15) is 43.2 Å². The van der Waals surface area contributed by atoms with Gasteiger partial charge in [-0.05, 0) is 69.1 Å². The summed E-state index contributed by atoms with van der Waals surface area (Å²) in [5, 5.41) is 10.6. The molecule has 19 heteroatoms. The number of rotatable bonds is 71. The van der Waals surface area contributed by atoms with Gasteiger partial charge in [-0.1, -0.05) is 304 Å². The third-order valence-electron chi connectivity index (χ3n) is 17.5. The van der Waals surface area contributed by atoms with Crippen LogP contribution in [0.3, 0.4) is 0 Å². The van der Waals surface area contributed by atoms with Crippen molar-refractivity contribution in [2.45, 2.75) is 375 Å². The second kappa shape index (κ2) is 65.2. The summed E-state index contributed by atoms with van der Waals surface area (Å²) in [6.07, 6.45) is 53.6. The molecule has 0 spiro atoms. The van der Waals surface area contributed by atoms with Gasteiger partial charge in [-0.2, -0.15) is 0 Å². The fraction of sp³-hybridized carbons (Fsp3) is 0.893. The zero-order valence-corrected chi connectivity index (χ0v) is 62.7. The number of ether oxygens (including phenoxy) is 4. The molecule has 4 unspecified atom stereocenters. The van der Waals surface area contributed by atoms with E-state index in [0.717, 1.165) is 121 Å². The second-order valence-electron chi connectivity index (χ2n) is 27.3. The molecule has 3 N–H and O–H groups in total. The van der Waals surface area contributed by atoms with Gasteiger partial charge in [0.05, 0.1) is 26.4 Å². The van der Waals surface area contributed by atoms with Gasteiger partial charge < -0.3 is 33.8 Å². The highest BCUT2D eigenvalue weighted by Gasteiger charge is 2.30. The highest BCUT2D eigenvalue weighted by Crippen LogP contribution is 2.45. The van der Waals surface area contributed by atoms with Gasteiger partial charge in [0, 0.05) is 25.7 Å². The van der Waals surface area contributed by atoms with Crippen molar-refractivity contribution in [2.24, 2.45) is 17.8 Å². The Labute approximate surface area is 573 Å². The van der Waals surface area contributed by atoms with Gasteiger partial charge >= 0.3 is 39.5 Å². The van der Waals surface area contributed by atoms with Gasteiger partial charge in [0.15, 0.2) is 12.2 Å². The molecule has 0 rings (SSSR count). The van der Waals surface area contributed by atoms with Crippen molar-refractivity contribution in [2.75, 3.05) is 39.6 Å². The Balaban J connectivity index is 5.27. The SMILES string of the molecule is CCCCCC/C=C\C=C/CCCCCCCC(=O)O[C@H](COC(=O)CCCCCCCCCCCCCCCCC(C)CC)COP(=O)(O)OC[C@@H](O)COP(=O)(O)OC[C@@H](COC(=O)CCCCCCCCC(C)CC)OC(=O)CCCCCCCCCCC(C)C.